The van der Waals surface area contributed by atoms with E-state index in [9.17, 15) is 4.79 Å². The van der Waals surface area contributed by atoms with E-state index < -0.39 is 0 Å². The van der Waals surface area contributed by atoms with E-state index in [4.69, 9.17) is 6.42 Å². The molecule has 3 heterocycles. The van der Waals surface area contributed by atoms with Gasteiger partial charge in [-0.05, 0) is 6.07 Å². The van der Waals surface area contributed by atoms with Crippen LogP contribution in [0.1, 0.15) is 0 Å². The van der Waals surface area contributed by atoms with Crippen molar-refractivity contribution in [2.24, 2.45) is 0 Å². The van der Waals surface area contributed by atoms with Crippen molar-refractivity contribution in [1.29, 1.82) is 0 Å². The number of nitrogens with zero attached hydrogens (tertiary/aromatic N) is 3. The minimum absolute atomic E-state index is 0.0780. The maximum Gasteiger partial charge on any atom is 0.271 e. The molecule has 0 saturated heterocycles. The largest absolute Gasteiger partial charge is 0.373 e. The highest BCUT2D eigenvalue weighted by molar-refractivity contribution is 7.25. The van der Waals surface area contributed by atoms with E-state index in [1.165, 1.54) is 22.2 Å². The molecule has 3 aromatic rings. The Morgan fingerprint density at radius 2 is 2.38 bits per heavy atom. The first-order valence-corrected chi connectivity index (χ1v) is 7.12. The number of terminal acetylenes is 1. The van der Waals surface area contributed by atoms with Crippen molar-refractivity contribution in [3.05, 3.63) is 41.6 Å². The molecule has 104 valence electrons. The molecule has 0 aliphatic heterocycles. The highest BCUT2D eigenvalue weighted by atomic mass is 32.1. The van der Waals surface area contributed by atoms with Crippen molar-refractivity contribution in [3.8, 4) is 12.3 Å². The van der Waals surface area contributed by atoms with E-state index >= 15 is 0 Å². The molecular weight excluding hydrogens is 284 g/mol. The first-order valence-electron chi connectivity index (χ1n) is 6.31. The molecule has 6 heteroatoms. The predicted molar refractivity (Wildman–Crippen MR) is 86.7 cm³/mol. The minimum atomic E-state index is -0.0780. The molecule has 3 aromatic heterocycles. The van der Waals surface area contributed by atoms with E-state index in [1.54, 1.807) is 12.3 Å². The number of aromatic nitrogens is 3. The number of hydrogen-bond acceptors (Lipinski definition) is 5. The van der Waals surface area contributed by atoms with Gasteiger partial charge in [0.05, 0.1) is 23.8 Å². The molecule has 0 atom stereocenters. The number of anilines is 1. The molecule has 0 saturated carbocycles. The Kier molecular flexibility index (Phi) is 3.42. The van der Waals surface area contributed by atoms with Crippen LogP contribution in [0.3, 0.4) is 0 Å². The maximum atomic E-state index is 12.4. The van der Waals surface area contributed by atoms with Crippen LogP contribution in [0.15, 0.2) is 36.0 Å². The van der Waals surface area contributed by atoms with Crippen LogP contribution in [0.2, 0.25) is 0 Å². The number of pyridine rings is 1. The van der Waals surface area contributed by atoms with Gasteiger partial charge in [0, 0.05) is 18.4 Å². The van der Waals surface area contributed by atoms with Crippen LogP contribution in [0.5, 0.6) is 0 Å². The highest BCUT2D eigenvalue weighted by Gasteiger charge is 2.14. The molecule has 0 spiro atoms. The summed E-state index contributed by atoms with van der Waals surface area (Å²) in [6.07, 6.45) is 10.2. The first-order chi connectivity index (χ1) is 10.3. The second kappa shape index (κ2) is 5.38. The third-order valence-corrected chi connectivity index (χ3v) is 4.13. The van der Waals surface area contributed by atoms with Gasteiger partial charge in [0.2, 0.25) is 0 Å². The Bertz CT molecular complexity index is 932. The fraction of sp³-hybridized carbons (Fsp3) is 0.133. The lowest BCUT2D eigenvalue weighted by Gasteiger charge is -2.04. The van der Waals surface area contributed by atoms with E-state index in [-0.39, 0.29) is 5.56 Å². The number of fused-ring (bicyclic) bond motifs is 3. The van der Waals surface area contributed by atoms with Crippen molar-refractivity contribution < 1.29 is 0 Å². The fourth-order valence-electron chi connectivity index (χ4n) is 2.15. The summed E-state index contributed by atoms with van der Waals surface area (Å²) in [5, 5.41) is 3.98. The summed E-state index contributed by atoms with van der Waals surface area (Å²) >= 11 is 1.34. The Hall–Kier alpha value is -2.65. The molecule has 0 amide bonds. The lowest BCUT2D eigenvalue weighted by molar-refractivity contribution is 0.770. The smallest absolute Gasteiger partial charge is 0.271 e. The quantitative estimate of drug-likeness (QED) is 0.592. The minimum Gasteiger partial charge on any atom is -0.373 e. The average molecular weight is 296 g/mol. The molecular formula is C15H12N4OS. The van der Waals surface area contributed by atoms with Crippen molar-refractivity contribution >= 4 is 37.5 Å². The van der Waals surface area contributed by atoms with Gasteiger partial charge >= 0.3 is 0 Å². The van der Waals surface area contributed by atoms with Gasteiger partial charge in [-0.3, -0.25) is 9.36 Å². The van der Waals surface area contributed by atoms with Crippen molar-refractivity contribution in [2.45, 2.75) is 6.54 Å². The Labute approximate surface area is 125 Å². The third kappa shape index (κ3) is 2.18. The van der Waals surface area contributed by atoms with Gasteiger partial charge in [0.1, 0.15) is 9.53 Å². The molecule has 0 fully saturated rings. The summed E-state index contributed by atoms with van der Waals surface area (Å²) in [6, 6.07) is 1.84. The molecule has 3 rings (SSSR count). The van der Waals surface area contributed by atoms with Gasteiger partial charge in [-0.1, -0.05) is 12.0 Å². The standard InChI is InChI=1S/C15H12N4OS/c1-3-6-16-10-5-7-17-14-11(10)12-13(21-14)15(20)19(8-4-2)9-18-12/h1,4-5,7,9H,2,6,8H2,(H,16,17). The predicted octanol–water partition coefficient (Wildman–Crippen LogP) is 2.24. The van der Waals surface area contributed by atoms with Crippen LogP contribution in [-0.4, -0.2) is 21.1 Å². The SMILES string of the molecule is C#CCNc1ccnc2sc3c(=O)n(CC=C)cnc3c12. The van der Waals surface area contributed by atoms with Crippen LogP contribution in [-0.2, 0) is 6.54 Å². The average Bonchev–Trinajstić information content (AvgIpc) is 2.88. The summed E-state index contributed by atoms with van der Waals surface area (Å²) in [4.78, 5) is 21.9. The molecule has 0 aliphatic rings. The van der Waals surface area contributed by atoms with Gasteiger partial charge in [-0.25, -0.2) is 9.97 Å². The molecule has 5 nitrogen and oxygen atoms in total. The second-order valence-electron chi connectivity index (χ2n) is 4.37. The third-order valence-electron chi connectivity index (χ3n) is 3.05. The van der Waals surface area contributed by atoms with E-state index in [1.807, 2.05) is 6.07 Å². The first kappa shape index (κ1) is 13.3. The van der Waals surface area contributed by atoms with E-state index in [0.717, 1.165) is 15.9 Å². The van der Waals surface area contributed by atoms with Gasteiger partial charge in [0.15, 0.2) is 0 Å². The highest BCUT2D eigenvalue weighted by Crippen LogP contribution is 2.33. The van der Waals surface area contributed by atoms with Gasteiger partial charge in [-0.15, -0.1) is 24.3 Å². The number of rotatable bonds is 4. The number of thiophene rings is 1. The van der Waals surface area contributed by atoms with Crippen molar-refractivity contribution in [2.75, 3.05) is 11.9 Å². The monoisotopic (exact) mass is 296 g/mol. The second-order valence-corrected chi connectivity index (χ2v) is 5.37. The van der Waals surface area contributed by atoms with E-state index in [0.29, 0.717) is 23.3 Å². The van der Waals surface area contributed by atoms with Crippen LogP contribution < -0.4 is 10.9 Å². The number of allylic oxidation sites excluding steroid dienone is 1. The Balaban J connectivity index is 2.31. The topological polar surface area (TPSA) is 59.8 Å². The van der Waals surface area contributed by atoms with Gasteiger partial charge < -0.3 is 5.32 Å². The van der Waals surface area contributed by atoms with Gasteiger partial charge in [-0.2, -0.15) is 0 Å². The molecule has 21 heavy (non-hydrogen) atoms. The van der Waals surface area contributed by atoms with Crippen LogP contribution in [0, 0.1) is 12.3 Å². The van der Waals surface area contributed by atoms with Crippen LogP contribution in [0.4, 0.5) is 5.69 Å². The molecule has 0 bridgehead atoms. The number of hydrogen-bond donors (Lipinski definition) is 1. The van der Waals surface area contributed by atoms with Crippen molar-refractivity contribution in [3.63, 3.8) is 0 Å². The Morgan fingerprint density at radius 3 is 3.14 bits per heavy atom. The maximum absolute atomic E-state index is 12.4. The fourth-order valence-corrected chi connectivity index (χ4v) is 3.22. The van der Waals surface area contributed by atoms with Crippen LogP contribution in [0.25, 0.3) is 20.4 Å². The molecule has 0 aromatic carbocycles. The summed E-state index contributed by atoms with van der Waals surface area (Å²) in [7, 11) is 0. The zero-order valence-corrected chi connectivity index (χ0v) is 12.0. The van der Waals surface area contributed by atoms with E-state index in [2.05, 4.69) is 27.8 Å². The van der Waals surface area contributed by atoms with Crippen molar-refractivity contribution in [1.82, 2.24) is 14.5 Å². The lowest BCUT2D eigenvalue weighted by atomic mass is 10.2. The molecule has 0 radical (unpaired) electrons. The summed E-state index contributed by atoms with van der Waals surface area (Å²) in [6.45, 7) is 4.49. The van der Waals surface area contributed by atoms with Gasteiger partial charge in [0.25, 0.3) is 5.56 Å². The van der Waals surface area contributed by atoms with Crippen LogP contribution >= 0.6 is 11.3 Å². The normalized spacial score (nSPS) is 10.6. The molecule has 1 N–H and O–H groups in total. The Morgan fingerprint density at radius 1 is 1.52 bits per heavy atom. The summed E-state index contributed by atoms with van der Waals surface area (Å²) in [5.74, 6) is 2.53. The lowest BCUT2D eigenvalue weighted by Crippen LogP contribution is -2.18. The zero-order chi connectivity index (χ0) is 14.8. The molecule has 0 unspecified atom stereocenters. The summed E-state index contributed by atoms with van der Waals surface area (Å²) < 4.78 is 2.12. The molecule has 0 aliphatic carbocycles. The zero-order valence-electron chi connectivity index (χ0n) is 11.2. The summed E-state index contributed by atoms with van der Waals surface area (Å²) in [5.41, 5.74) is 1.43. The number of nitrogens with one attached hydrogen (secondary N) is 1.